The first-order valence-electron chi connectivity index (χ1n) is 6.97. The standard InChI is InChI=1S/C17H21N3O2/c1-12-4-5-13(10-16(12)22-3)11-19-17(18)20-14-6-8-15(21-2)9-7-14/h4-10H,11H2,1-3H3,(H3,18,19,20). The molecule has 0 amide bonds. The molecular weight excluding hydrogens is 278 g/mol. The highest BCUT2D eigenvalue weighted by Gasteiger charge is 2.01. The molecule has 0 spiro atoms. The van der Waals surface area contributed by atoms with Crippen LogP contribution in [0.15, 0.2) is 47.5 Å². The molecule has 0 radical (unpaired) electrons. The second kappa shape index (κ2) is 7.36. The highest BCUT2D eigenvalue weighted by Crippen LogP contribution is 2.19. The van der Waals surface area contributed by atoms with Gasteiger partial charge in [0.1, 0.15) is 11.5 Å². The van der Waals surface area contributed by atoms with Crippen LogP contribution in [0.4, 0.5) is 5.69 Å². The molecule has 0 heterocycles. The molecule has 0 atom stereocenters. The SMILES string of the molecule is COc1ccc(NC(N)=NCc2ccc(C)c(OC)c2)cc1. The summed E-state index contributed by atoms with van der Waals surface area (Å²) in [6, 6.07) is 13.5. The predicted molar refractivity (Wildman–Crippen MR) is 89.7 cm³/mol. The number of nitrogens with zero attached hydrogens (tertiary/aromatic N) is 1. The minimum absolute atomic E-state index is 0.365. The first-order chi connectivity index (χ1) is 10.6. The third-order valence-corrected chi connectivity index (χ3v) is 3.27. The van der Waals surface area contributed by atoms with Gasteiger partial charge in [0.05, 0.1) is 20.8 Å². The van der Waals surface area contributed by atoms with Gasteiger partial charge in [-0.3, -0.25) is 0 Å². The van der Waals surface area contributed by atoms with E-state index in [9.17, 15) is 0 Å². The van der Waals surface area contributed by atoms with Crippen LogP contribution in [0.25, 0.3) is 0 Å². The molecule has 3 N–H and O–H groups in total. The number of nitrogens with two attached hydrogens (primary N) is 1. The summed E-state index contributed by atoms with van der Waals surface area (Å²) in [5.74, 6) is 2.02. The van der Waals surface area contributed by atoms with Crippen LogP contribution in [0, 0.1) is 6.92 Å². The summed E-state index contributed by atoms with van der Waals surface area (Å²) >= 11 is 0. The fraction of sp³-hybridized carbons (Fsp3) is 0.235. The number of ether oxygens (including phenoxy) is 2. The van der Waals surface area contributed by atoms with Crippen LogP contribution in [0.2, 0.25) is 0 Å². The summed E-state index contributed by atoms with van der Waals surface area (Å²) in [5, 5.41) is 3.04. The van der Waals surface area contributed by atoms with Crippen molar-refractivity contribution in [2.45, 2.75) is 13.5 Å². The van der Waals surface area contributed by atoms with Crippen molar-refractivity contribution in [2.24, 2.45) is 10.7 Å². The second-order valence-corrected chi connectivity index (χ2v) is 4.86. The quantitative estimate of drug-likeness (QED) is 0.658. The molecule has 0 aromatic heterocycles. The molecular formula is C17H21N3O2. The summed E-state index contributed by atoms with van der Waals surface area (Å²) in [6.45, 7) is 2.50. The lowest BCUT2D eigenvalue weighted by Crippen LogP contribution is -2.22. The van der Waals surface area contributed by atoms with Gasteiger partial charge in [-0.05, 0) is 48.4 Å². The molecule has 0 saturated heterocycles. The molecule has 5 nitrogen and oxygen atoms in total. The minimum atomic E-state index is 0.365. The van der Waals surface area contributed by atoms with Gasteiger partial charge in [-0.1, -0.05) is 12.1 Å². The predicted octanol–water partition coefficient (Wildman–Crippen LogP) is 2.94. The Morgan fingerprint density at radius 3 is 2.45 bits per heavy atom. The number of aryl methyl sites for hydroxylation is 1. The Bertz CT molecular complexity index is 651. The van der Waals surface area contributed by atoms with E-state index in [2.05, 4.69) is 10.3 Å². The van der Waals surface area contributed by atoms with Gasteiger partial charge in [-0.2, -0.15) is 0 Å². The van der Waals surface area contributed by atoms with E-state index in [1.165, 1.54) is 0 Å². The monoisotopic (exact) mass is 299 g/mol. The number of anilines is 1. The van der Waals surface area contributed by atoms with Gasteiger partial charge >= 0.3 is 0 Å². The maximum Gasteiger partial charge on any atom is 0.193 e. The number of rotatable bonds is 5. The van der Waals surface area contributed by atoms with Crippen molar-refractivity contribution in [1.82, 2.24) is 0 Å². The zero-order valence-corrected chi connectivity index (χ0v) is 13.1. The summed E-state index contributed by atoms with van der Waals surface area (Å²) in [5.41, 5.74) is 8.91. The number of benzene rings is 2. The first-order valence-corrected chi connectivity index (χ1v) is 6.97. The maximum absolute atomic E-state index is 5.90. The largest absolute Gasteiger partial charge is 0.497 e. The molecule has 0 saturated carbocycles. The Balaban J connectivity index is 1.99. The average Bonchev–Trinajstić information content (AvgIpc) is 2.55. The van der Waals surface area contributed by atoms with E-state index in [1.54, 1.807) is 14.2 Å². The molecule has 5 heteroatoms. The van der Waals surface area contributed by atoms with Crippen LogP contribution in [-0.4, -0.2) is 20.2 Å². The Kier molecular flexibility index (Phi) is 5.25. The zero-order valence-electron chi connectivity index (χ0n) is 13.1. The Morgan fingerprint density at radius 1 is 1.09 bits per heavy atom. The molecule has 0 unspecified atom stereocenters. The van der Waals surface area contributed by atoms with Crippen molar-refractivity contribution in [2.75, 3.05) is 19.5 Å². The maximum atomic E-state index is 5.90. The number of nitrogens with one attached hydrogen (secondary N) is 1. The van der Waals surface area contributed by atoms with E-state index in [4.69, 9.17) is 15.2 Å². The molecule has 2 aromatic rings. The number of hydrogen-bond acceptors (Lipinski definition) is 3. The van der Waals surface area contributed by atoms with Crippen LogP contribution in [0.1, 0.15) is 11.1 Å². The third-order valence-electron chi connectivity index (χ3n) is 3.27. The van der Waals surface area contributed by atoms with Gasteiger partial charge in [0.25, 0.3) is 0 Å². The van der Waals surface area contributed by atoms with Gasteiger partial charge in [0.15, 0.2) is 5.96 Å². The van der Waals surface area contributed by atoms with Crippen LogP contribution < -0.4 is 20.5 Å². The summed E-state index contributed by atoms with van der Waals surface area (Å²) < 4.78 is 10.4. The highest BCUT2D eigenvalue weighted by atomic mass is 16.5. The summed E-state index contributed by atoms with van der Waals surface area (Å²) in [7, 11) is 3.29. The molecule has 0 bridgehead atoms. The van der Waals surface area contributed by atoms with Gasteiger partial charge in [-0.15, -0.1) is 0 Å². The van der Waals surface area contributed by atoms with Crippen molar-refractivity contribution >= 4 is 11.6 Å². The lowest BCUT2D eigenvalue weighted by molar-refractivity contribution is 0.411. The minimum Gasteiger partial charge on any atom is -0.497 e. The summed E-state index contributed by atoms with van der Waals surface area (Å²) in [6.07, 6.45) is 0. The fourth-order valence-corrected chi connectivity index (χ4v) is 2.00. The van der Waals surface area contributed by atoms with E-state index in [1.807, 2.05) is 49.4 Å². The average molecular weight is 299 g/mol. The molecule has 2 rings (SSSR count). The summed E-state index contributed by atoms with van der Waals surface area (Å²) in [4.78, 5) is 4.33. The number of guanidine groups is 1. The smallest absolute Gasteiger partial charge is 0.193 e. The van der Waals surface area contributed by atoms with Crippen LogP contribution in [0.5, 0.6) is 11.5 Å². The molecule has 0 aliphatic heterocycles. The fourth-order valence-electron chi connectivity index (χ4n) is 2.00. The Hall–Kier alpha value is -2.69. The molecule has 0 aliphatic carbocycles. The number of hydrogen-bond donors (Lipinski definition) is 2. The van der Waals surface area contributed by atoms with Crippen molar-refractivity contribution < 1.29 is 9.47 Å². The van der Waals surface area contributed by atoms with E-state index < -0.39 is 0 Å². The van der Waals surface area contributed by atoms with E-state index in [0.29, 0.717) is 12.5 Å². The van der Waals surface area contributed by atoms with Gasteiger partial charge in [-0.25, -0.2) is 4.99 Å². The lowest BCUT2D eigenvalue weighted by Gasteiger charge is -2.08. The van der Waals surface area contributed by atoms with Crippen LogP contribution >= 0.6 is 0 Å². The normalized spacial score (nSPS) is 11.1. The van der Waals surface area contributed by atoms with Crippen LogP contribution in [0.3, 0.4) is 0 Å². The molecule has 116 valence electrons. The molecule has 0 fully saturated rings. The van der Waals surface area contributed by atoms with Crippen molar-refractivity contribution in [3.8, 4) is 11.5 Å². The van der Waals surface area contributed by atoms with E-state index in [-0.39, 0.29) is 0 Å². The number of methoxy groups -OCH3 is 2. The van der Waals surface area contributed by atoms with Gasteiger partial charge in [0, 0.05) is 5.69 Å². The van der Waals surface area contributed by atoms with E-state index in [0.717, 1.165) is 28.3 Å². The molecule has 0 aliphatic rings. The van der Waals surface area contributed by atoms with Gasteiger partial charge < -0.3 is 20.5 Å². The van der Waals surface area contributed by atoms with Crippen LogP contribution in [-0.2, 0) is 6.54 Å². The molecule has 2 aromatic carbocycles. The third kappa shape index (κ3) is 4.15. The van der Waals surface area contributed by atoms with Crippen molar-refractivity contribution in [1.29, 1.82) is 0 Å². The number of aliphatic imine (C=N–C) groups is 1. The van der Waals surface area contributed by atoms with Crippen molar-refractivity contribution in [3.05, 3.63) is 53.6 Å². The molecule has 22 heavy (non-hydrogen) atoms. The Labute approximate surface area is 130 Å². The van der Waals surface area contributed by atoms with Gasteiger partial charge in [0.2, 0.25) is 0 Å². The second-order valence-electron chi connectivity index (χ2n) is 4.86. The van der Waals surface area contributed by atoms with E-state index >= 15 is 0 Å². The topological polar surface area (TPSA) is 68.9 Å². The lowest BCUT2D eigenvalue weighted by atomic mass is 10.1. The first kappa shape index (κ1) is 15.7. The zero-order chi connectivity index (χ0) is 15.9. The van der Waals surface area contributed by atoms with Crippen molar-refractivity contribution in [3.63, 3.8) is 0 Å². The highest BCUT2D eigenvalue weighted by molar-refractivity contribution is 5.92. The Morgan fingerprint density at radius 2 is 1.82 bits per heavy atom.